The number of carbonyl (C=O) groups excluding carboxylic acids is 2. The van der Waals surface area contributed by atoms with Gasteiger partial charge in [0.15, 0.2) is 11.5 Å². The third-order valence-electron chi connectivity index (χ3n) is 6.64. The van der Waals surface area contributed by atoms with Gasteiger partial charge in [0.1, 0.15) is 0 Å². The Morgan fingerprint density at radius 1 is 1.15 bits per heavy atom. The predicted molar refractivity (Wildman–Crippen MR) is 150 cm³/mol. The Balaban J connectivity index is 1.23. The average Bonchev–Trinajstić information content (AvgIpc) is 3.35. The molecule has 5 rings (SSSR count). The molecular formula is C28H30ClN7O4. The third kappa shape index (κ3) is 6.80. The van der Waals surface area contributed by atoms with E-state index in [1.54, 1.807) is 66.3 Å². The molecule has 0 saturated carbocycles. The van der Waals surface area contributed by atoms with Crippen molar-refractivity contribution in [1.82, 2.24) is 29.8 Å². The van der Waals surface area contributed by atoms with E-state index in [1.165, 1.54) is 0 Å². The van der Waals surface area contributed by atoms with Crippen LogP contribution in [0.25, 0.3) is 16.9 Å². The van der Waals surface area contributed by atoms with Crippen LogP contribution in [0.4, 0.5) is 5.82 Å². The number of benzene rings is 1. The summed E-state index contributed by atoms with van der Waals surface area (Å²) >= 11 is 5.91. The van der Waals surface area contributed by atoms with E-state index >= 15 is 0 Å². The van der Waals surface area contributed by atoms with Gasteiger partial charge >= 0.3 is 0 Å². The first kappa shape index (κ1) is 27.7. The van der Waals surface area contributed by atoms with Crippen LogP contribution in [-0.4, -0.2) is 80.8 Å². The smallest absolute Gasteiger partial charge is 0.253 e. The zero-order valence-corrected chi connectivity index (χ0v) is 22.8. The average molecular weight is 564 g/mol. The van der Waals surface area contributed by atoms with Crippen LogP contribution >= 0.6 is 11.6 Å². The second kappa shape index (κ2) is 12.5. The number of aliphatic hydroxyl groups is 1. The van der Waals surface area contributed by atoms with Crippen molar-refractivity contribution in [1.29, 1.82) is 0 Å². The topological polar surface area (TPSA) is 134 Å². The number of anilines is 1. The number of aromatic nitrogens is 4. The van der Waals surface area contributed by atoms with Crippen molar-refractivity contribution in [3.8, 4) is 11.3 Å². The van der Waals surface area contributed by atoms with Gasteiger partial charge in [0, 0.05) is 36.4 Å². The highest BCUT2D eigenvalue weighted by atomic mass is 35.5. The highest BCUT2D eigenvalue weighted by Crippen LogP contribution is 2.21. The lowest BCUT2D eigenvalue weighted by Crippen LogP contribution is -2.41. The van der Waals surface area contributed by atoms with E-state index in [0.29, 0.717) is 58.6 Å². The fourth-order valence-electron chi connectivity index (χ4n) is 4.41. The molecule has 3 aromatic heterocycles. The van der Waals surface area contributed by atoms with Crippen molar-refractivity contribution in [2.75, 3.05) is 44.7 Å². The Bertz CT molecular complexity index is 1500. The second-order valence-corrected chi connectivity index (χ2v) is 9.99. The normalized spacial score (nSPS) is 14.7. The monoisotopic (exact) mass is 563 g/mol. The minimum atomic E-state index is -0.719. The van der Waals surface area contributed by atoms with Crippen LogP contribution in [0.3, 0.4) is 0 Å². The zero-order valence-electron chi connectivity index (χ0n) is 22.0. The molecule has 4 heterocycles. The third-order valence-corrected chi connectivity index (χ3v) is 6.90. The summed E-state index contributed by atoms with van der Waals surface area (Å²) in [6.45, 7) is 5.01. The summed E-state index contributed by atoms with van der Waals surface area (Å²) in [6.07, 6.45) is 2.94. The van der Waals surface area contributed by atoms with Gasteiger partial charge in [-0.2, -0.15) is 5.10 Å². The molecule has 0 radical (unpaired) electrons. The number of hydrogen-bond acceptors (Lipinski definition) is 8. The highest BCUT2D eigenvalue weighted by molar-refractivity contribution is 6.30. The van der Waals surface area contributed by atoms with Crippen molar-refractivity contribution in [3.05, 3.63) is 76.7 Å². The van der Waals surface area contributed by atoms with E-state index in [2.05, 4.69) is 25.7 Å². The molecule has 1 saturated heterocycles. The van der Waals surface area contributed by atoms with Gasteiger partial charge in [-0.3, -0.25) is 19.5 Å². The van der Waals surface area contributed by atoms with Crippen molar-refractivity contribution in [2.24, 2.45) is 0 Å². The lowest BCUT2D eigenvalue weighted by atomic mass is 10.1. The van der Waals surface area contributed by atoms with Gasteiger partial charge in [-0.15, -0.1) is 0 Å². The van der Waals surface area contributed by atoms with E-state index in [-0.39, 0.29) is 24.9 Å². The molecule has 1 fully saturated rings. The summed E-state index contributed by atoms with van der Waals surface area (Å²) in [5, 5.41) is 21.3. The van der Waals surface area contributed by atoms with Crippen molar-refractivity contribution < 1.29 is 19.4 Å². The molecule has 3 N–H and O–H groups in total. The molecule has 0 bridgehead atoms. The lowest BCUT2D eigenvalue weighted by molar-refractivity contribution is -0.118. The zero-order chi connectivity index (χ0) is 28.1. The first-order valence-electron chi connectivity index (χ1n) is 13.0. The second-order valence-electron chi connectivity index (χ2n) is 9.55. The van der Waals surface area contributed by atoms with Gasteiger partial charge in [-0.05, 0) is 49.2 Å². The molecule has 4 aromatic rings. The number of imidazole rings is 1. The van der Waals surface area contributed by atoms with Crippen LogP contribution in [0.15, 0.2) is 54.9 Å². The molecule has 1 aliphatic rings. The molecule has 12 heteroatoms. The van der Waals surface area contributed by atoms with E-state index in [1.807, 2.05) is 4.90 Å². The quantitative estimate of drug-likeness (QED) is 0.283. The predicted octanol–water partition coefficient (Wildman–Crippen LogP) is 2.88. The maximum atomic E-state index is 12.9. The van der Waals surface area contributed by atoms with Crippen LogP contribution in [0.5, 0.6) is 0 Å². The molecule has 1 atom stereocenters. The van der Waals surface area contributed by atoms with Gasteiger partial charge in [0.2, 0.25) is 5.91 Å². The number of hydrogen-bond donors (Lipinski definition) is 3. The van der Waals surface area contributed by atoms with Crippen LogP contribution in [0.2, 0.25) is 5.02 Å². The fraction of sp³-hybridized carbons (Fsp3) is 0.321. The number of rotatable bonds is 9. The molecule has 1 aromatic carbocycles. The molecular weight excluding hydrogens is 534 g/mol. The number of nitrogens with zero attached hydrogens (tertiary/aromatic N) is 5. The van der Waals surface area contributed by atoms with Crippen molar-refractivity contribution >= 4 is 34.9 Å². The number of aryl methyl sites for hydroxylation is 1. The Labute approximate surface area is 236 Å². The SMILES string of the molecule is Cc1ncc(-c2ccc3nc(NC(=O)CN4CCOCC4)cn3n2)cc1C(=O)NCC[C@@H](O)c1ccc(Cl)cc1. The van der Waals surface area contributed by atoms with Crippen LogP contribution in [0.1, 0.15) is 34.1 Å². The van der Waals surface area contributed by atoms with Gasteiger partial charge < -0.3 is 20.5 Å². The van der Waals surface area contributed by atoms with Gasteiger partial charge in [0.25, 0.3) is 5.91 Å². The summed E-state index contributed by atoms with van der Waals surface area (Å²) in [5.41, 5.74) is 3.55. The number of ether oxygens (including phenoxy) is 1. The molecule has 40 heavy (non-hydrogen) atoms. The molecule has 0 unspecified atom stereocenters. The Morgan fingerprint density at radius 2 is 1.93 bits per heavy atom. The van der Waals surface area contributed by atoms with E-state index in [4.69, 9.17) is 16.3 Å². The van der Waals surface area contributed by atoms with Gasteiger partial charge in [-0.1, -0.05) is 23.7 Å². The van der Waals surface area contributed by atoms with Crippen molar-refractivity contribution in [2.45, 2.75) is 19.4 Å². The van der Waals surface area contributed by atoms with Gasteiger partial charge in [-0.25, -0.2) is 9.50 Å². The fourth-order valence-corrected chi connectivity index (χ4v) is 4.54. The van der Waals surface area contributed by atoms with Crippen LogP contribution < -0.4 is 10.6 Å². The Kier molecular flexibility index (Phi) is 8.66. The number of fused-ring (bicyclic) bond motifs is 1. The first-order chi connectivity index (χ1) is 19.4. The molecule has 11 nitrogen and oxygen atoms in total. The number of amides is 2. The van der Waals surface area contributed by atoms with Crippen molar-refractivity contribution in [3.63, 3.8) is 0 Å². The maximum absolute atomic E-state index is 12.9. The molecule has 0 aliphatic carbocycles. The number of pyridine rings is 1. The lowest BCUT2D eigenvalue weighted by Gasteiger charge is -2.25. The van der Waals surface area contributed by atoms with E-state index < -0.39 is 6.10 Å². The number of aliphatic hydroxyl groups excluding tert-OH is 1. The number of halogens is 1. The standard InChI is InChI=1S/C28H30ClN7O4/c1-18-22(28(39)30-9-8-24(37)19-2-4-21(29)5-3-19)14-20(15-31-18)23-6-7-26-32-25(16-36(26)34-23)33-27(38)17-35-10-12-40-13-11-35/h2-7,14-16,24,37H,8-13,17H2,1H3,(H,30,39)(H,33,38)/t24-/m1/s1. The van der Waals surface area contributed by atoms with Crippen LogP contribution in [0, 0.1) is 6.92 Å². The Morgan fingerprint density at radius 3 is 2.70 bits per heavy atom. The summed E-state index contributed by atoms with van der Waals surface area (Å²) in [5.74, 6) is -0.0282. The number of morpholine rings is 1. The number of nitrogens with one attached hydrogen (secondary N) is 2. The van der Waals surface area contributed by atoms with Crippen LogP contribution in [-0.2, 0) is 9.53 Å². The summed E-state index contributed by atoms with van der Waals surface area (Å²) in [4.78, 5) is 36.2. The highest BCUT2D eigenvalue weighted by Gasteiger charge is 2.17. The molecule has 2 amide bonds. The Hall–Kier alpha value is -3.90. The summed E-state index contributed by atoms with van der Waals surface area (Å²) < 4.78 is 6.90. The largest absolute Gasteiger partial charge is 0.388 e. The maximum Gasteiger partial charge on any atom is 0.253 e. The summed E-state index contributed by atoms with van der Waals surface area (Å²) in [7, 11) is 0. The molecule has 208 valence electrons. The summed E-state index contributed by atoms with van der Waals surface area (Å²) in [6, 6.07) is 12.3. The van der Waals surface area contributed by atoms with Gasteiger partial charge in [0.05, 0.1) is 49.0 Å². The molecule has 0 spiro atoms. The van der Waals surface area contributed by atoms with E-state index in [0.717, 1.165) is 18.7 Å². The number of carbonyl (C=O) groups is 2. The first-order valence-corrected chi connectivity index (χ1v) is 13.4. The minimum absolute atomic E-state index is 0.149. The van der Waals surface area contributed by atoms with E-state index in [9.17, 15) is 14.7 Å². The minimum Gasteiger partial charge on any atom is -0.388 e. The molecule has 1 aliphatic heterocycles.